The molecule has 0 atom stereocenters. The molecule has 0 bridgehead atoms. The summed E-state index contributed by atoms with van der Waals surface area (Å²) in [6.45, 7) is 4.09. The molecular weight excluding hydrogens is 314 g/mol. The Morgan fingerprint density at radius 2 is 2.00 bits per heavy atom. The van der Waals surface area contributed by atoms with Crippen molar-refractivity contribution in [3.63, 3.8) is 0 Å². The third-order valence-corrected chi connectivity index (χ3v) is 4.93. The third kappa shape index (κ3) is 3.04. The SMILES string of the molecule is Cc1cc(C)n(CC(=O)Nc2nc3ccccc3n2C2CCCC2)n1. The van der Waals surface area contributed by atoms with E-state index in [1.54, 1.807) is 4.68 Å². The van der Waals surface area contributed by atoms with Gasteiger partial charge in [0.1, 0.15) is 6.54 Å². The Morgan fingerprint density at radius 1 is 1.24 bits per heavy atom. The molecule has 6 heteroatoms. The first kappa shape index (κ1) is 15.9. The first-order valence-corrected chi connectivity index (χ1v) is 8.89. The molecule has 4 rings (SSSR count). The van der Waals surface area contributed by atoms with Gasteiger partial charge in [-0.25, -0.2) is 4.98 Å². The summed E-state index contributed by atoms with van der Waals surface area (Å²) in [5.41, 5.74) is 3.92. The van der Waals surface area contributed by atoms with Gasteiger partial charge in [0.15, 0.2) is 0 Å². The van der Waals surface area contributed by atoms with Crippen molar-refractivity contribution in [1.82, 2.24) is 19.3 Å². The molecule has 0 aliphatic heterocycles. The van der Waals surface area contributed by atoms with Crippen molar-refractivity contribution in [1.29, 1.82) is 0 Å². The van der Waals surface area contributed by atoms with Crippen LogP contribution in [0.1, 0.15) is 43.1 Å². The highest BCUT2D eigenvalue weighted by Gasteiger charge is 2.23. The minimum absolute atomic E-state index is 0.0965. The molecule has 0 unspecified atom stereocenters. The predicted octanol–water partition coefficient (Wildman–Crippen LogP) is 3.60. The van der Waals surface area contributed by atoms with Crippen LogP contribution in [0.4, 0.5) is 5.95 Å². The van der Waals surface area contributed by atoms with E-state index in [1.807, 2.05) is 38.1 Å². The lowest BCUT2D eigenvalue weighted by molar-refractivity contribution is -0.117. The number of para-hydroxylation sites is 2. The molecule has 1 aliphatic carbocycles. The summed E-state index contributed by atoms with van der Waals surface area (Å²) in [5, 5.41) is 7.38. The van der Waals surface area contributed by atoms with Gasteiger partial charge in [-0.05, 0) is 44.9 Å². The van der Waals surface area contributed by atoms with Gasteiger partial charge in [-0.3, -0.25) is 14.8 Å². The van der Waals surface area contributed by atoms with Crippen molar-refractivity contribution in [3.05, 3.63) is 41.7 Å². The largest absolute Gasteiger partial charge is 0.307 e. The van der Waals surface area contributed by atoms with Crippen LogP contribution < -0.4 is 5.32 Å². The molecule has 1 N–H and O–H groups in total. The summed E-state index contributed by atoms with van der Waals surface area (Å²) in [7, 11) is 0. The Balaban J connectivity index is 1.63. The highest BCUT2D eigenvalue weighted by Crippen LogP contribution is 2.35. The Kier molecular flexibility index (Phi) is 4.03. The number of nitrogens with zero attached hydrogens (tertiary/aromatic N) is 4. The zero-order chi connectivity index (χ0) is 17.4. The first-order valence-electron chi connectivity index (χ1n) is 8.89. The van der Waals surface area contributed by atoms with E-state index in [0.29, 0.717) is 12.0 Å². The van der Waals surface area contributed by atoms with Gasteiger partial charge in [-0.1, -0.05) is 25.0 Å². The summed E-state index contributed by atoms with van der Waals surface area (Å²) >= 11 is 0. The second-order valence-electron chi connectivity index (χ2n) is 6.87. The van der Waals surface area contributed by atoms with Crippen LogP contribution in [0.5, 0.6) is 0 Å². The number of imidazole rings is 1. The van der Waals surface area contributed by atoms with Crippen molar-refractivity contribution < 1.29 is 4.79 Å². The molecule has 1 fully saturated rings. The summed E-state index contributed by atoms with van der Waals surface area (Å²) in [5.74, 6) is 0.556. The van der Waals surface area contributed by atoms with E-state index in [-0.39, 0.29) is 12.5 Å². The lowest BCUT2D eigenvalue weighted by Gasteiger charge is -2.16. The fraction of sp³-hybridized carbons (Fsp3) is 0.421. The molecule has 130 valence electrons. The molecule has 25 heavy (non-hydrogen) atoms. The number of carbonyl (C=O) groups excluding carboxylic acids is 1. The predicted molar refractivity (Wildman–Crippen MR) is 97.6 cm³/mol. The smallest absolute Gasteiger partial charge is 0.248 e. The Labute approximate surface area is 146 Å². The maximum Gasteiger partial charge on any atom is 0.248 e. The summed E-state index contributed by atoms with van der Waals surface area (Å²) in [6.07, 6.45) is 4.74. The number of nitrogens with one attached hydrogen (secondary N) is 1. The van der Waals surface area contributed by atoms with E-state index >= 15 is 0 Å². The molecule has 2 aromatic heterocycles. The molecule has 1 amide bonds. The van der Waals surface area contributed by atoms with Crippen molar-refractivity contribution in [2.75, 3.05) is 5.32 Å². The van der Waals surface area contributed by atoms with E-state index in [4.69, 9.17) is 0 Å². The van der Waals surface area contributed by atoms with Gasteiger partial charge in [0.2, 0.25) is 11.9 Å². The normalized spacial score (nSPS) is 15.1. The van der Waals surface area contributed by atoms with Crippen LogP contribution in [0, 0.1) is 13.8 Å². The van der Waals surface area contributed by atoms with Crippen molar-refractivity contribution >= 4 is 22.9 Å². The Hall–Kier alpha value is -2.63. The lowest BCUT2D eigenvalue weighted by Crippen LogP contribution is -2.23. The Bertz CT molecular complexity index is 917. The quantitative estimate of drug-likeness (QED) is 0.791. The van der Waals surface area contributed by atoms with Crippen LogP contribution >= 0.6 is 0 Å². The standard InChI is InChI=1S/C19H23N5O/c1-13-11-14(2)23(22-13)12-18(25)21-19-20-16-9-5-6-10-17(16)24(19)15-7-3-4-8-15/h5-6,9-11,15H,3-4,7-8,12H2,1-2H3,(H,20,21,25). The first-order chi connectivity index (χ1) is 12.1. The number of rotatable bonds is 4. The van der Waals surface area contributed by atoms with Gasteiger partial charge in [0, 0.05) is 11.7 Å². The fourth-order valence-corrected chi connectivity index (χ4v) is 3.80. The molecule has 6 nitrogen and oxygen atoms in total. The second-order valence-corrected chi connectivity index (χ2v) is 6.87. The highest BCUT2D eigenvalue weighted by molar-refractivity contribution is 5.91. The second kappa shape index (κ2) is 6.35. The number of carbonyl (C=O) groups is 1. The van der Waals surface area contributed by atoms with Gasteiger partial charge in [-0.2, -0.15) is 5.10 Å². The molecule has 0 saturated heterocycles. The zero-order valence-electron chi connectivity index (χ0n) is 14.7. The maximum atomic E-state index is 12.6. The van der Waals surface area contributed by atoms with Gasteiger partial charge >= 0.3 is 0 Å². The molecule has 0 radical (unpaired) electrons. The molecular formula is C19H23N5O. The minimum atomic E-state index is -0.0965. The topological polar surface area (TPSA) is 64.7 Å². The number of amides is 1. The van der Waals surface area contributed by atoms with Gasteiger partial charge in [-0.15, -0.1) is 0 Å². The van der Waals surface area contributed by atoms with Crippen LogP contribution in [0.15, 0.2) is 30.3 Å². The van der Waals surface area contributed by atoms with E-state index < -0.39 is 0 Å². The average Bonchev–Trinajstić information content (AvgIpc) is 3.26. The monoisotopic (exact) mass is 337 g/mol. The van der Waals surface area contributed by atoms with Gasteiger partial charge in [0.05, 0.1) is 16.7 Å². The van der Waals surface area contributed by atoms with E-state index in [9.17, 15) is 4.79 Å². The summed E-state index contributed by atoms with van der Waals surface area (Å²) in [6, 6.07) is 10.5. The number of anilines is 1. The van der Waals surface area contributed by atoms with Gasteiger partial charge < -0.3 is 4.57 Å². The molecule has 1 aliphatic rings. The Morgan fingerprint density at radius 3 is 2.72 bits per heavy atom. The van der Waals surface area contributed by atoms with Crippen LogP contribution in [-0.2, 0) is 11.3 Å². The van der Waals surface area contributed by atoms with Crippen LogP contribution in [0.2, 0.25) is 0 Å². The minimum Gasteiger partial charge on any atom is -0.307 e. The number of benzene rings is 1. The van der Waals surface area contributed by atoms with Crippen molar-refractivity contribution in [2.24, 2.45) is 0 Å². The van der Waals surface area contributed by atoms with E-state index in [2.05, 4.69) is 26.0 Å². The maximum absolute atomic E-state index is 12.6. The number of hydrogen-bond acceptors (Lipinski definition) is 3. The molecule has 1 saturated carbocycles. The molecule has 2 heterocycles. The lowest BCUT2D eigenvalue weighted by atomic mass is 10.2. The number of fused-ring (bicyclic) bond motifs is 1. The number of hydrogen-bond donors (Lipinski definition) is 1. The summed E-state index contributed by atoms with van der Waals surface area (Å²) in [4.78, 5) is 17.2. The number of aromatic nitrogens is 4. The van der Waals surface area contributed by atoms with E-state index in [1.165, 1.54) is 12.8 Å². The zero-order valence-corrected chi connectivity index (χ0v) is 14.7. The van der Waals surface area contributed by atoms with Crippen LogP contribution in [0.25, 0.3) is 11.0 Å². The van der Waals surface area contributed by atoms with Crippen LogP contribution in [-0.4, -0.2) is 25.2 Å². The highest BCUT2D eigenvalue weighted by atomic mass is 16.2. The molecule has 1 aromatic carbocycles. The fourth-order valence-electron chi connectivity index (χ4n) is 3.80. The number of aryl methyl sites for hydroxylation is 2. The average molecular weight is 337 g/mol. The van der Waals surface area contributed by atoms with Crippen molar-refractivity contribution in [3.8, 4) is 0 Å². The van der Waals surface area contributed by atoms with Crippen LogP contribution in [0.3, 0.4) is 0 Å². The van der Waals surface area contributed by atoms with E-state index in [0.717, 1.165) is 35.3 Å². The van der Waals surface area contributed by atoms with Crippen molar-refractivity contribution in [2.45, 2.75) is 52.1 Å². The van der Waals surface area contributed by atoms with Gasteiger partial charge in [0.25, 0.3) is 0 Å². The molecule has 0 spiro atoms. The molecule has 3 aromatic rings. The summed E-state index contributed by atoms with van der Waals surface area (Å²) < 4.78 is 3.94. The third-order valence-electron chi connectivity index (χ3n) is 4.93.